The molecule has 1 amide bonds. The number of nitrogens with zero attached hydrogens (tertiary/aromatic N) is 1. The number of aliphatic imine (C=N–C) groups is 1. The molecular formula is C17H21Cl2IN4O2. The number of amides is 1. The molecule has 2 rings (SSSR count). The summed E-state index contributed by atoms with van der Waals surface area (Å²) in [6, 6.07) is 8.78. The zero-order valence-corrected chi connectivity index (χ0v) is 18.2. The number of furan rings is 1. The number of guanidine groups is 1. The van der Waals surface area contributed by atoms with Gasteiger partial charge in [0.25, 0.3) is 0 Å². The van der Waals surface area contributed by atoms with E-state index in [0.29, 0.717) is 28.3 Å². The van der Waals surface area contributed by atoms with E-state index in [4.69, 9.17) is 27.6 Å². The van der Waals surface area contributed by atoms with E-state index in [1.807, 2.05) is 13.0 Å². The van der Waals surface area contributed by atoms with Gasteiger partial charge in [-0.1, -0.05) is 29.3 Å². The van der Waals surface area contributed by atoms with Crippen LogP contribution in [0.2, 0.25) is 10.0 Å². The molecule has 0 saturated heterocycles. The van der Waals surface area contributed by atoms with Gasteiger partial charge in [-0.3, -0.25) is 9.79 Å². The lowest BCUT2D eigenvalue weighted by Gasteiger charge is -2.19. The predicted molar refractivity (Wildman–Crippen MR) is 115 cm³/mol. The highest BCUT2D eigenvalue weighted by Crippen LogP contribution is 2.25. The zero-order valence-electron chi connectivity index (χ0n) is 14.4. The quantitative estimate of drug-likeness (QED) is 0.314. The smallest absolute Gasteiger partial charge is 0.239 e. The minimum atomic E-state index is -0.170. The largest absolute Gasteiger partial charge is 0.467 e. The third-order valence-corrected chi connectivity index (χ3v) is 4.02. The molecule has 1 aromatic carbocycles. The molecule has 142 valence electrons. The Morgan fingerprint density at radius 1 is 1.27 bits per heavy atom. The van der Waals surface area contributed by atoms with Crippen LogP contribution in [0, 0.1) is 0 Å². The van der Waals surface area contributed by atoms with E-state index in [0.717, 1.165) is 5.56 Å². The Bertz CT molecular complexity index is 738. The summed E-state index contributed by atoms with van der Waals surface area (Å²) in [6.45, 7) is 2.37. The van der Waals surface area contributed by atoms with Crippen molar-refractivity contribution in [3.63, 3.8) is 0 Å². The molecule has 0 bridgehead atoms. The van der Waals surface area contributed by atoms with Crippen molar-refractivity contribution in [3.05, 3.63) is 58.0 Å². The molecule has 1 unspecified atom stereocenters. The lowest BCUT2D eigenvalue weighted by Crippen LogP contribution is -2.43. The Morgan fingerprint density at radius 2 is 2.04 bits per heavy atom. The molecule has 0 fully saturated rings. The van der Waals surface area contributed by atoms with Gasteiger partial charge < -0.3 is 20.4 Å². The second kappa shape index (κ2) is 11.3. The van der Waals surface area contributed by atoms with E-state index in [1.165, 1.54) is 0 Å². The van der Waals surface area contributed by atoms with Gasteiger partial charge in [0.2, 0.25) is 5.91 Å². The van der Waals surface area contributed by atoms with Gasteiger partial charge in [-0.25, -0.2) is 0 Å². The monoisotopic (exact) mass is 510 g/mol. The standard InChI is InChI=1S/C17H20Cl2N4O2.HI/c1-11(14-6-5-12(18)8-15(14)19)23-17(20-2)22-10-16(24)21-9-13-4-3-7-25-13;/h3-8,11H,9-10H2,1-2H3,(H,21,24)(H2,20,22,23);1H. The lowest BCUT2D eigenvalue weighted by molar-refractivity contribution is -0.120. The summed E-state index contributed by atoms with van der Waals surface area (Å²) in [4.78, 5) is 16.0. The van der Waals surface area contributed by atoms with Crippen LogP contribution < -0.4 is 16.0 Å². The van der Waals surface area contributed by atoms with E-state index in [2.05, 4.69) is 20.9 Å². The number of carbonyl (C=O) groups is 1. The van der Waals surface area contributed by atoms with Crippen LogP contribution in [0.3, 0.4) is 0 Å². The molecule has 3 N–H and O–H groups in total. The van der Waals surface area contributed by atoms with Crippen molar-refractivity contribution in [2.24, 2.45) is 4.99 Å². The summed E-state index contributed by atoms with van der Waals surface area (Å²) in [6.07, 6.45) is 1.56. The minimum Gasteiger partial charge on any atom is -0.467 e. The number of benzene rings is 1. The maximum Gasteiger partial charge on any atom is 0.239 e. The van der Waals surface area contributed by atoms with Crippen molar-refractivity contribution in [3.8, 4) is 0 Å². The maximum atomic E-state index is 11.9. The molecule has 2 aromatic rings. The van der Waals surface area contributed by atoms with Gasteiger partial charge in [-0.2, -0.15) is 0 Å². The first-order chi connectivity index (χ1) is 12.0. The van der Waals surface area contributed by atoms with E-state index in [1.54, 1.807) is 37.6 Å². The SMILES string of the molecule is CN=C(NCC(=O)NCc1ccco1)NC(C)c1ccc(Cl)cc1Cl.I. The minimum absolute atomic E-state index is 0. The van der Waals surface area contributed by atoms with Crippen molar-refractivity contribution < 1.29 is 9.21 Å². The second-order valence-electron chi connectivity index (χ2n) is 5.31. The fourth-order valence-corrected chi connectivity index (χ4v) is 2.73. The molecule has 9 heteroatoms. The summed E-state index contributed by atoms with van der Waals surface area (Å²) in [5.41, 5.74) is 0.885. The average Bonchev–Trinajstić information content (AvgIpc) is 3.10. The number of nitrogens with one attached hydrogen (secondary N) is 3. The third kappa shape index (κ3) is 7.05. The molecule has 0 aliphatic carbocycles. The second-order valence-corrected chi connectivity index (χ2v) is 6.16. The van der Waals surface area contributed by atoms with Gasteiger partial charge in [0, 0.05) is 17.1 Å². The molecule has 6 nitrogen and oxygen atoms in total. The molecule has 0 spiro atoms. The molecule has 26 heavy (non-hydrogen) atoms. The highest BCUT2D eigenvalue weighted by atomic mass is 127. The van der Waals surface area contributed by atoms with Crippen molar-refractivity contribution in [2.45, 2.75) is 19.5 Å². The summed E-state index contributed by atoms with van der Waals surface area (Å²) < 4.78 is 5.16. The topological polar surface area (TPSA) is 78.7 Å². The predicted octanol–water partition coefficient (Wildman–Crippen LogP) is 3.75. The van der Waals surface area contributed by atoms with Crippen LogP contribution in [0.4, 0.5) is 0 Å². The number of halogens is 3. The Balaban J connectivity index is 0.00000338. The molecule has 1 atom stereocenters. The molecule has 0 radical (unpaired) electrons. The van der Waals surface area contributed by atoms with E-state index in [-0.39, 0.29) is 42.5 Å². The molecule has 0 aliphatic rings. The van der Waals surface area contributed by atoms with Crippen LogP contribution in [0.15, 0.2) is 46.0 Å². The van der Waals surface area contributed by atoms with Gasteiger partial charge in [0.1, 0.15) is 5.76 Å². The van der Waals surface area contributed by atoms with Crippen molar-refractivity contribution >= 4 is 59.0 Å². The number of hydrogen-bond donors (Lipinski definition) is 3. The summed E-state index contributed by atoms with van der Waals surface area (Å²) in [7, 11) is 1.63. The Labute approximate surface area is 179 Å². The van der Waals surface area contributed by atoms with Crippen LogP contribution in [-0.2, 0) is 11.3 Å². The first-order valence-corrected chi connectivity index (χ1v) is 8.46. The molecule has 1 heterocycles. The van der Waals surface area contributed by atoms with Crippen LogP contribution in [0.5, 0.6) is 0 Å². The average molecular weight is 511 g/mol. The normalized spacial score (nSPS) is 12.1. The summed E-state index contributed by atoms with van der Waals surface area (Å²) in [5, 5.41) is 10.0. The van der Waals surface area contributed by atoms with E-state index in [9.17, 15) is 4.79 Å². The van der Waals surface area contributed by atoms with Gasteiger partial charge in [-0.15, -0.1) is 24.0 Å². The molecule has 0 saturated carbocycles. The third-order valence-electron chi connectivity index (χ3n) is 3.46. The van der Waals surface area contributed by atoms with E-state index < -0.39 is 0 Å². The van der Waals surface area contributed by atoms with E-state index >= 15 is 0 Å². The Hall–Kier alpha value is -1.45. The molecule has 0 aliphatic heterocycles. The van der Waals surface area contributed by atoms with Gasteiger partial charge >= 0.3 is 0 Å². The van der Waals surface area contributed by atoms with Crippen LogP contribution in [0.25, 0.3) is 0 Å². The fourth-order valence-electron chi connectivity index (χ4n) is 2.16. The maximum absolute atomic E-state index is 11.9. The fraction of sp³-hybridized carbons (Fsp3) is 0.294. The highest BCUT2D eigenvalue weighted by Gasteiger charge is 2.12. The lowest BCUT2D eigenvalue weighted by atomic mass is 10.1. The van der Waals surface area contributed by atoms with Gasteiger partial charge in [-0.05, 0) is 36.8 Å². The summed E-state index contributed by atoms with van der Waals surface area (Å²) in [5.74, 6) is 1.02. The summed E-state index contributed by atoms with van der Waals surface area (Å²) >= 11 is 12.1. The van der Waals surface area contributed by atoms with Crippen molar-refractivity contribution in [2.75, 3.05) is 13.6 Å². The number of hydrogen-bond acceptors (Lipinski definition) is 3. The van der Waals surface area contributed by atoms with Crippen LogP contribution in [-0.4, -0.2) is 25.5 Å². The van der Waals surface area contributed by atoms with Crippen LogP contribution in [0.1, 0.15) is 24.3 Å². The highest BCUT2D eigenvalue weighted by molar-refractivity contribution is 14.0. The van der Waals surface area contributed by atoms with Crippen LogP contribution >= 0.6 is 47.2 Å². The van der Waals surface area contributed by atoms with Crippen molar-refractivity contribution in [1.82, 2.24) is 16.0 Å². The zero-order chi connectivity index (χ0) is 18.2. The Morgan fingerprint density at radius 3 is 2.65 bits per heavy atom. The first kappa shape index (κ1) is 22.6. The van der Waals surface area contributed by atoms with Gasteiger partial charge in [0.05, 0.1) is 25.4 Å². The number of rotatable bonds is 6. The number of carbonyl (C=O) groups excluding carboxylic acids is 1. The Kier molecular flexibility index (Phi) is 9.82. The van der Waals surface area contributed by atoms with Crippen molar-refractivity contribution in [1.29, 1.82) is 0 Å². The molecule has 1 aromatic heterocycles. The van der Waals surface area contributed by atoms with Gasteiger partial charge in [0.15, 0.2) is 5.96 Å². The first-order valence-electron chi connectivity index (χ1n) is 7.71. The molecular weight excluding hydrogens is 490 g/mol.